The highest BCUT2D eigenvalue weighted by molar-refractivity contribution is 7.15. The number of thiazole rings is 1. The van der Waals surface area contributed by atoms with Gasteiger partial charge in [-0.2, -0.15) is 9.50 Å². The molecule has 3 heterocycles. The number of ether oxygens (including phenoxy) is 1. The lowest BCUT2D eigenvalue weighted by atomic mass is 10.2. The van der Waals surface area contributed by atoms with Crippen LogP contribution in [0.5, 0.6) is 5.75 Å². The van der Waals surface area contributed by atoms with Gasteiger partial charge in [0.25, 0.3) is 11.2 Å². The third-order valence-electron chi connectivity index (χ3n) is 5.01. The number of hydrogen-bond donors (Lipinski definition) is 0. The number of benzene rings is 2. The molecule has 0 spiro atoms. The Bertz CT molecular complexity index is 1570. The molecule has 164 valence electrons. The van der Waals surface area contributed by atoms with E-state index in [-0.39, 0.29) is 17.9 Å². The van der Waals surface area contributed by atoms with Gasteiger partial charge in [-0.3, -0.25) is 14.9 Å². The van der Waals surface area contributed by atoms with Gasteiger partial charge in [-0.05, 0) is 49.4 Å². The van der Waals surface area contributed by atoms with E-state index in [0.717, 1.165) is 16.9 Å². The third kappa shape index (κ3) is 4.11. The molecule has 0 bridgehead atoms. The average molecular weight is 459 g/mol. The number of nitro groups is 1. The van der Waals surface area contributed by atoms with Gasteiger partial charge in [-0.25, -0.2) is 0 Å². The molecule has 10 heteroatoms. The summed E-state index contributed by atoms with van der Waals surface area (Å²) in [7, 11) is 0. The molecule has 0 aliphatic carbocycles. The number of rotatable bonds is 6. The fraction of sp³-hybridized carbons (Fsp3) is 0.0870. The quantitative estimate of drug-likeness (QED) is 0.285. The first-order valence-electron chi connectivity index (χ1n) is 10.00. The van der Waals surface area contributed by atoms with E-state index in [4.69, 9.17) is 4.74 Å². The predicted molar refractivity (Wildman–Crippen MR) is 124 cm³/mol. The van der Waals surface area contributed by atoms with E-state index in [9.17, 15) is 14.9 Å². The lowest BCUT2D eigenvalue weighted by Crippen LogP contribution is -2.24. The molecule has 9 nitrogen and oxygen atoms in total. The monoisotopic (exact) mass is 459 g/mol. The highest BCUT2D eigenvalue weighted by Gasteiger charge is 2.12. The summed E-state index contributed by atoms with van der Waals surface area (Å²) in [4.78, 5) is 28.2. The first-order chi connectivity index (χ1) is 16.0. The maximum Gasteiger partial charge on any atom is 0.291 e. The van der Waals surface area contributed by atoms with E-state index in [2.05, 4.69) is 10.1 Å². The Hall–Kier alpha value is -4.31. The first kappa shape index (κ1) is 20.6. The smallest absolute Gasteiger partial charge is 0.291 e. The molecule has 0 radical (unpaired) electrons. The largest absolute Gasteiger partial charge is 0.486 e. The Morgan fingerprint density at radius 2 is 1.88 bits per heavy atom. The van der Waals surface area contributed by atoms with Crippen molar-refractivity contribution in [3.05, 3.63) is 109 Å². The van der Waals surface area contributed by atoms with E-state index in [0.29, 0.717) is 21.1 Å². The van der Waals surface area contributed by atoms with Crippen LogP contribution in [0.1, 0.15) is 17.1 Å². The van der Waals surface area contributed by atoms with Crippen LogP contribution in [-0.4, -0.2) is 24.1 Å². The summed E-state index contributed by atoms with van der Waals surface area (Å²) in [6, 6.07) is 17.6. The van der Waals surface area contributed by atoms with Gasteiger partial charge < -0.3 is 9.30 Å². The summed E-state index contributed by atoms with van der Waals surface area (Å²) in [6.07, 6.45) is 3.59. The van der Waals surface area contributed by atoms with Crippen LogP contribution >= 0.6 is 11.3 Å². The molecule has 0 aliphatic heterocycles. The van der Waals surface area contributed by atoms with Crippen molar-refractivity contribution < 1.29 is 9.66 Å². The van der Waals surface area contributed by atoms with Gasteiger partial charge in [0, 0.05) is 29.7 Å². The third-order valence-corrected chi connectivity index (χ3v) is 5.97. The van der Waals surface area contributed by atoms with Crippen molar-refractivity contribution in [3.63, 3.8) is 0 Å². The van der Waals surface area contributed by atoms with E-state index in [1.807, 2.05) is 54.1 Å². The molecule has 0 aliphatic rings. The number of aromatic nitrogens is 4. The number of nitrogens with zero attached hydrogens (tertiary/aromatic N) is 5. The van der Waals surface area contributed by atoms with Crippen LogP contribution < -0.4 is 14.8 Å². The standard InChI is InChI=1S/C23H17N5O4S/c1-15-4-10-19(11-5-15)32-14-21-24-23-27(25-21)22(29)20(33-23)13-18-3-2-12-26(18)16-6-8-17(9-7-16)28(30)31/h2-13H,14H2,1H3/b20-13-. The summed E-state index contributed by atoms with van der Waals surface area (Å²) >= 11 is 1.24. The molecule has 0 saturated carbocycles. The molecule has 0 atom stereocenters. The average Bonchev–Trinajstić information content (AvgIpc) is 3.51. The minimum Gasteiger partial charge on any atom is -0.486 e. The molecule has 5 aromatic rings. The lowest BCUT2D eigenvalue weighted by Gasteiger charge is -2.05. The summed E-state index contributed by atoms with van der Waals surface area (Å²) in [5.74, 6) is 1.14. The molecular weight excluding hydrogens is 442 g/mol. The van der Waals surface area contributed by atoms with E-state index in [1.165, 1.54) is 28.0 Å². The second kappa shape index (κ2) is 8.32. The van der Waals surface area contributed by atoms with Gasteiger partial charge in [-0.1, -0.05) is 29.0 Å². The van der Waals surface area contributed by atoms with Gasteiger partial charge in [-0.15, -0.1) is 5.10 Å². The van der Waals surface area contributed by atoms with Crippen molar-refractivity contribution in [1.82, 2.24) is 19.2 Å². The Morgan fingerprint density at radius 3 is 2.58 bits per heavy atom. The molecule has 0 fully saturated rings. The maximum atomic E-state index is 12.9. The van der Waals surface area contributed by atoms with Crippen LogP contribution in [0, 0.1) is 17.0 Å². The Labute approximate surface area is 191 Å². The fourth-order valence-corrected chi connectivity index (χ4v) is 4.25. The van der Waals surface area contributed by atoms with Crippen molar-refractivity contribution in [2.24, 2.45) is 0 Å². The molecule has 2 aromatic carbocycles. The second-order valence-corrected chi connectivity index (χ2v) is 8.33. The summed E-state index contributed by atoms with van der Waals surface area (Å²) in [5, 5.41) is 15.2. The molecule has 3 aromatic heterocycles. The molecule has 0 amide bonds. The van der Waals surface area contributed by atoms with Crippen LogP contribution in [0.25, 0.3) is 16.7 Å². The summed E-state index contributed by atoms with van der Waals surface area (Å²) in [6.45, 7) is 2.17. The highest BCUT2D eigenvalue weighted by atomic mass is 32.1. The normalized spacial score (nSPS) is 11.8. The van der Waals surface area contributed by atoms with Crippen LogP contribution in [0.15, 0.2) is 71.7 Å². The van der Waals surface area contributed by atoms with Gasteiger partial charge in [0.15, 0.2) is 5.82 Å². The fourth-order valence-electron chi connectivity index (χ4n) is 3.33. The number of nitro benzene ring substituents is 1. The molecular formula is C23H17N5O4S. The number of fused-ring (bicyclic) bond motifs is 1. The van der Waals surface area contributed by atoms with Crippen molar-refractivity contribution >= 4 is 28.1 Å². The minimum atomic E-state index is -0.440. The van der Waals surface area contributed by atoms with Crippen LogP contribution in [0.2, 0.25) is 0 Å². The number of non-ortho nitro benzene ring substituents is 1. The second-order valence-electron chi connectivity index (χ2n) is 7.32. The minimum absolute atomic E-state index is 0.0194. The SMILES string of the molecule is Cc1ccc(OCc2nc3s/c(=C\c4cccn4-c4ccc([N+](=O)[O-])cc4)c(=O)n3n2)cc1. The zero-order chi connectivity index (χ0) is 22.9. The topological polar surface area (TPSA) is 105 Å². The first-order valence-corrected chi connectivity index (χ1v) is 10.8. The summed E-state index contributed by atoms with van der Waals surface area (Å²) < 4.78 is 9.31. The van der Waals surface area contributed by atoms with E-state index < -0.39 is 4.92 Å². The summed E-state index contributed by atoms with van der Waals surface area (Å²) in [5.41, 5.74) is 2.40. The number of aryl methyl sites for hydroxylation is 1. The van der Waals surface area contributed by atoms with Gasteiger partial charge >= 0.3 is 0 Å². The molecule has 0 saturated heterocycles. The Kier molecular flexibility index (Phi) is 5.19. The van der Waals surface area contributed by atoms with E-state index >= 15 is 0 Å². The lowest BCUT2D eigenvalue weighted by molar-refractivity contribution is -0.384. The molecule has 0 N–H and O–H groups in total. The molecule has 5 rings (SSSR count). The van der Waals surface area contributed by atoms with Crippen molar-refractivity contribution in [2.45, 2.75) is 13.5 Å². The maximum absolute atomic E-state index is 12.9. The zero-order valence-electron chi connectivity index (χ0n) is 17.4. The molecule has 0 unspecified atom stereocenters. The van der Waals surface area contributed by atoms with E-state index in [1.54, 1.807) is 18.2 Å². The van der Waals surface area contributed by atoms with Crippen LogP contribution in [-0.2, 0) is 6.61 Å². The zero-order valence-corrected chi connectivity index (χ0v) is 18.2. The van der Waals surface area contributed by atoms with Crippen molar-refractivity contribution in [3.8, 4) is 11.4 Å². The van der Waals surface area contributed by atoms with Gasteiger partial charge in [0.1, 0.15) is 16.9 Å². The molecule has 33 heavy (non-hydrogen) atoms. The van der Waals surface area contributed by atoms with Crippen molar-refractivity contribution in [2.75, 3.05) is 0 Å². The van der Waals surface area contributed by atoms with Crippen LogP contribution in [0.4, 0.5) is 5.69 Å². The van der Waals surface area contributed by atoms with Gasteiger partial charge in [0.2, 0.25) is 4.96 Å². The Balaban J connectivity index is 1.41. The Morgan fingerprint density at radius 1 is 1.12 bits per heavy atom. The highest BCUT2D eigenvalue weighted by Crippen LogP contribution is 2.18. The van der Waals surface area contributed by atoms with Gasteiger partial charge in [0.05, 0.1) is 4.92 Å². The van der Waals surface area contributed by atoms with Crippen LogP contribution in [0.3, 0.4) is 0 Å². The number of hydrogen-bond acceptors (Lipinski definition) is 7. The predicted octanol–water partition coefficient (Wildman–Crippen LogP) is 3.29. The van der Waals surface area contributed by atoms with Crippen molar-refractivity contribution in [1.29, 1.82) is 0 Å².